The molecular formula is C16H25BrN2O. The van der Waals surface area contributed by atoms with E-state index in [4.69, 9.17) is 0 Å². The molecule has 1 aromatic carbocycles. The van der Waals surface area contributed by atoms with E-state index in [0.717, 1.165) is 24.0 Å². The summed E-state index contributed by atoms with van der Waals surface area (Å²) in [4.78, 5) is 2.45. The Labute approximate surface area is 130 Å². The van der Waals surface area contributed by atoms with E-state index in [-0.39, 0.29) is 6.61 Å². The van der Waals surface area contributed by atoms with Gasteiger partial charge in [0.2, 0.25) is 0 Å². The molecule has 4 heteroatoms. The Morgan fingerprint density at radius 2 is 2.10 bits per heavy atom. The molecule has 2 N–H and O–H groups in total. The first-order valence-electron chi connectivity index (χ1n) is 7.53. The Kier molecular flexibility index (Phi) is 6.49. The number of nitrogens with one attached hydrogen (secondary N) is 1. The van der Waals surface area contributed by atoms with Crippen molar-refractivity contribution in [3.05, 3.63) is 34.3 Å². The summed E-state index contributed by atoms with van der Waals surface area (Å²) in [6, 6.07) is 9.45. The van der Waals surface area contributed by atoms with Crippen molar-refractivity contribution >= 4 is 15.9 Å². The fourth-order valence-corrected chi connectivity index (χ4v) is 3.43. The molecule has 0 spiro atoms. The van der Waals surface area contributed by atoms with Crippen LogP contribution in [-0.2, 0) is 0 Å². The Morgan fingerprint density at radius 1 is 1.35 bits per heavy atom. The third-order valence-corrected chi connectivity index (χ3v) is 5.03. The molecule has 0 saturated heterocycles. The lowest BCUT2D eigenvalue weighted by Crippen LogP contribution is -2.43. The summed E-state index contributed by atoms with van der Waals surface area (Å²) in [7, 11) is 2.02. The van der Waals surface area contributed by atoms with Crippen molar-refractivity contribution in [3.63, 3.8) is 0 Å². The van der Waals surface area contributed by atoms with Gasteiger partial charge in [0, 0.05) is 29.6 Å². The lowest BCUT2D eigenvalue weighted by molar-refractivity contribution is 0.0971. The number of aliphatic hydroxyl groups excluding tert-OH is 1. The summed E-state index contributed by atoms with van der Waals surface area (Å²) in [5, 5.41) is 12.6. The molecule has 1 saturated carbocycles. The normalized spacial score (nSPS) is 17.2. The zero-order valence-electron chi connectivity index (χ0n) is 12.2. The topological polar surface area (TPSA) is 35.5 Å². The van der Waals surface area contributed by atoms with Crippen molar-refractivity contribution in [1.29, 1.82) is 0 Å². The van der Waals surface area contributed by atoms with Crippen molar-refractivity contribution < 1.29 is 5.11 Å². The highest BCUT2D eigenvalue weighted by atomic mass is 79.9. The quantitative estimate of drug-likeness (QED) is 0.763. The van der Waals surface area contributed by atoms with Gasteiger partial charge in [0.15, 0.2) is 0 Å². The van der Waals surface area contributed by atoms with Gasteiger partial charge in [-0.3, -0.25) is 4.90 Å². The fourth-order valence-electron chi connectivity index (χ4n) is 2.87. The molecule has 0 aromatic heterocycles. The second-order valence-corrected chi connectivity index (χ2v) is 6.35. The van der Waals surface area contributed by atoms with Crippen LogP contribution in [0.4, 0.5) is 0 Å². The predicted octanol–water partition coefficient (Wildman–Crippen LogP) is 2.95. The van der Waals surface area contributed by atoms with Crippen LogP contribution in [0.1, 0.15) is 37.3 Å². The standard InChI is InChI=1S/C16H25BrN2O/c1-18-16(14-7-2-3-8-15(14)17)9-10-19(11-12-20)13-5-4-6-13/h2-3,7-8,13,16,18,20H,4-6,9-12H2,1H3. The monoisotopic (exact) mass is 340 g/mol. The number of nitrogens with zero attached hydrogens (tertiary/aromatic N) is 1. The van der Waals surface area contributed by atoms with Crippen molar-refractivity contribution in [2.75, 3.05) is 26.7 Å². The SMILES string of the molecule is CNC(CCN(CCO)C1CCC1)c1ccccc1Br. The molecule has 1 atom stereocenters. The molecule has 2 rings (SSSR count). The van der Waals surface area contributed by atoms with Gasteiger partial charge in [-0.1, -0.05) is 40.5 Å². The fraction of sp³-hybridized carbons (Fsp3) is 0.625. The van der Waals surface area contributed by atoms with Crippen molar-refractivity contribution in [2.24, 2.45) is 0 Å². The first kappa shape index (κ1) is 16.0. The van der Waals surface area contributed by atoms with E-state index >= 15 is 0 Å². The molecule has 1 aromatic rings. The lowest BCUT2D eigenvalue weighted by atomic mass is 9.91. The minimum atomic E-state index is 0.260. The molecule has 0 amide bonds. The van der Waals surface area contributed by atoms with Gasteiger partial charge >= 0.3 is 0 Å². The molecule has 112 valence electrons. The third kappa shape index (κ3) is 4.04. The van der Waals surface area contributed by atoms with Crippen LogP contribution in [0.25, 0.3) is 0 Å². The molecule has 3 nitrogen and oxygen atoms in total. The first-order valence-corrected chi connectivity index (χ1v) is 8.32. The minimum absolute atomic E-state index is 0.260. The molecule has 1 aliphatic rings. The number of aliphatic hydroxyl groups is 1. The van der Waals surface area contributed by atoms with Crippen LogP contribution in [0.2, 0.25) is 0 Å². The van der Waals surface area contributed by atoms with E-state index in [1.807, 2.05) is 13.1 Å². The predicted molar refractivity (Wildman–Crippen MR) is 86.9 cm³/mol. The molecule has 1 unspecified atom stereocenters. The van der Waals surface area contributed by atoms with Crippen LogP contribution in [0.15, 0.2) is 28.7 Å². The van der Waals surface area contributed by atoms with E-state index in [1.54, 1.807) is 0 Å². The number of benzene rings is 1. The summed E-state index contributed by atoms with van der Waals surface area (Å²) in [6.45, 7) is 2.10. The van der Waals surface area contributed by atoms with Crippen LogP contribution in [0.3, 0.4) is 0 Å². The van der Waals surface area contributed by atoms with Crippen LogP contribution in [0, 0.1) is 0 Å². The average molecular weight is 341 g/mol. The molecular weight excluding hydrogens is 316 g/mol. The zero-order valence-corrected chi connectivity index (χ0v) is 13.8. The van der Waals surface area contributed by atoms with Crippen molar-refractivity contribution in [3.8, 4) is 0 Å². The molecule has 0 aliphatic heterocycles. The summed E-state index contributed by atoms with van der Waals surface area (Å²) < 4.78 is 1.16. The van der Waals surface area contributed by atoms with E-state index in [2.05, 4.69) is 44.3 Å². The van der Waals surface area contributed by atoms with Crippen molar-refractivity contribution in [1.82, 2.24) is 10.2 Å². The van der Waals surface area contributed by atoms with E-state index in [9.17, 15) is 5.11 Å². The molecule has 0 bridgehead atoms. The highest BCUT2D eigenvalue weighted by Crippen LogP contribution is 2.28. The van der Waals surface area contributed by atoms with Gasteiger partial charge < -0.3 is 10.4 Å². The van der Waals surface area contributed by atoms with Crippen LogP contribution >= 0.6 is 15.9 Å². The highest BCUT2D eigenvalue weighted by molar-refractivity contribution is 9.10. The average Bonchev–Trinajstić information content (AvgIpc) is 2.39. The number of halogens is 1. The van der Waals surface area contributed by atoms with Gasteiger partial charge in [-0.25, -0.2) is 0 Å². The molecule has 20 heavy (non-hydrogen) atoms. The molecule has 1 aliphatic carbocycles. The second kappa shape index (κ2) is 8.13. The van der Waals surface area contributed by atoms with E-state index in [0.29, 0.717) is 12.1 Å². The number of hydrogen-bond donors (Lipinski definition) is 2. The highest BCUT2D eigenvalue weighted by Gasteiger charge is 2.25. The van der Waals surface area contributed by atoms with Crippen LogP contribution in [0.5, 0.6) is 0 Å². The molecule has 0 radical (unpaired) electrons. The van der Waals surface area contributed by atoms with Crippen molar-refractivity contribution in [2.45, 2.75) is 37.8 Å². The Morgan fingerprint density at radius 3 is 2.65 bits per heavy atom. The maximum absolute atomic E-state index is 9.22. The lowest BCUT2D eigenvalue weighted by Gasteiger charge is -2.38. The van der Waals surface area contributed by atoms with Gasteiger partial charge in [0.25, 0.3) is 0 Å². The van der Waals surface area contributed by atoms with E-state index in [1.165, 1.54) is 24.8 Å². The van der Waals surface area contributed by atoms with Gasteiger partial charge in [0.1, 0.15) is 0 Å². The summed E-state index contributed by atoms with van der Waals surface area (Å²) in [6.07, 6.45) is 4.99. The van der Waals surface area contributed by atoms with Gasteiger partial charge in [0.05, 0.1) is 6.61 Å². The smallest absolute Gasteiger partial charge is 0.0558 e. The maximum atomic E-state index is 9.22. The Balaban J connectivity index is 1.93. The summed E-state index contributed by atoms with van der Waals surface area (Å²) >= 11 is 3.64. The summed E-state index contributed by atoms with van der Waals surface area (Å²) in [5.74, 6) is 0. The molecule has 0 heterocycles. The van der Waals surface area contributed by atoms with Gasteiger partial charge in [-0.05, 0) is 37.9 Å². The first-order chi connectivity index (χ1) is 9.76. The second-order valence-electron chi connectivity index (χ2n) is 5.50. The number of hydrogen-bond acceptors (Lipinski definition) is 3. The van der Waals surface area contributed by atoms with Crippen LogP contribution < -0.4 is 5.32 Å². The minimum Gasteiger partial charge on any atom is -0.395 e. The third-order valence-electron chi connectivity index (χ3n) is 4.31. The Hall–Kier alpha value is -0.420. The van der Waals surface area contributed by atoms with Crippen LogP contribution in [-0.4, -0.2) is 42.8 Å². The molecule has 1 fully saturated rings. The van der Waals surface area contributed by atoms with Gasteiger partial charge in [-0.15, -0.1) is 0 Å². The largest absolute Gasteiger partial charge is 0.395 e. The Bertz CT molecular complexity index is 409. The van der Waals surface area contributed by atoms with E-state index < -0.39 is 0 Å². The maximum Gasteiger partial charge on any atom is 0.0558 e. The summed E-state index contributed by atoms with van der Waals surface area (Å²) in [5.41, 5.74) is 1.31. The number of rotatable bonds is 8. The zero-order chi connectivity index (χ0) is 14.4. The van der Waals surface area contributed by atoms with Gasteiger partial charge in [-0.2, -0.15) is 0 Å².